The van der Waals surface area contributed by atoms with Crippen LogP contribution in [0.15, 0.2) is 22.8 Å². The summed E-state index contributed by atoms with van der Waals surface area (Å²) in [4.78, 5) is 6.59. The molecular formula is C11H15BrN2O. The van der Waals surface area contributed by atoms with Crippen LogP contribution in [0, 0.1) is 5.92 Å². The number of anilines is 1. The Morgan fingerprint density at radius 3 is 3.20 bits per heavy atom. The summed E-state index contributed by atoms with van der Waals surface area (Å²) in [5.74, 6) is 1.40. The van der Waals surface area contributed by atoms with Gasteiger partial charge in [0.2, 0.25) is 0 Å². The van der Waals surface area contributed by atoms with Crippen molar-refractivity contribution in [3.8, 4) is 0 Å². The number of hydrogen-bond donors (Lipinski definition) is 1. The molecule has 1 aromatic rings. The highest BCUT2D eigenvalue weighted by Crippen LogP contribution is 2.23. The molecule has 0 aliphatic carbocycles. The van der Waals surface area contributed by atoms with Crippen LogP contribution in [0.2, 0.25) is 0 Å². The van der Waals surface area contributed by atoms with Crippen molar-refractivity contribution in [3.05, 3.63) is 22.8 Å². The molecule has 0 radical (unpaired) electrons. The van der Waals surface area contributed by atoms with Gasteiger partial charge in [-0.3, -0.25) is 0 Å². The van der Waals surface area contributed by atoms with Gasteiger partial charge < -0.3 is 10.0 Å². The fourth-order valence-electron chi connectivity index (χ4n) is 1.99. The second kappa shape index (κ2) is 4.94. The minimum Gasteiger partial charge on any atom is -0.396 e. The molecule has 1 N–H and O–H groups in total. The van der Waals surface area contributed by atoms with E-state index in [0.717, 1.165) is 36.2 Å². The van der Waals surface area contributed by atoms with Crippen LogP contribution in [0.5, 0.6) is 0 Å². The van der Waals surface area contributed by atoms with E-state index >= 15 is 0 Å². The molecule has 1 fully saturated rings. The van der Waals surface area contributed by atoms with E-state index in [1.807, 2.05) is 18.3 Å². The van der Waals surface area contributed by atoms with Crippen LogP contribution < -0.4 is 4.90 Å². The first-order valence-corrected chi connectivity index (χ1v) is 6.06. The lowest BCUT2D eigenvalue weighted by Crippen LogP contribution is -2.37. The van der Waals surface area contributed by atoms with Gasteiger partial charge in [0.05, 0.1) is 0 Å². The van der Waals surface area contributed by atoms with Crippen molar-refractivity contribution >= 4 is 21.7 Å². The standard InChI is InChI=1S/C11H15BrN2O/c12-10-3-4-13-11(6-10)14-5-1-2-9(7-14)8-15/h3-4,6,9,15H,1-2,5,7-8H2. The minimum absolute atomic E-state index is 0.282. The van der Waals surface area contributed by atoms with Crippen molar-refractivity contribution < 1.29 is 5.11 Å². The second-order valence-corrected chi connectivity index (χ2v) is 4.88. The van der Waals surface area contributed by atoms with Crippen LogP contribution in [0.3, 0.4) is 0 Å². The largest absolute Gasteiger partial charge is 0.396 e. The van der Waals surface area contributed by atoms with E-state index in [0.29, 0.717) is 5.92 Å². The zero-order chi connectivity index (χ0) is 10.7. The van der Waals surface area contributed by atoms with Gasteiger partial charge in [0, 0.05) is 30.4 Å². The fourth-order valence-corrected chi connectivity index (χ4v) is 2.31. The molecule has 0 saturated carbocycles. The molecule has 1 unspecified atom stereocenters. The maximum absolute atomic E-state index is 9.15. The highest BCUT2D eigenvalue weighted by Gasteiger charge is 2.19. The quantitative estimate of drug-likeness (QED) is 0.894. The van der Waals surface area contributed by atoms with Gasteiger partial charge in [-0.1, -0.05) is 15.9 Å². The third-order valence-corrected chi connectivity index (χ3v) is 3.30. The maximum Gasteiger partial charge on any atom is 0.129 e. The molecular weight excluding hydrogens is 256 g/mol. The molecule has 2 rings (SSSR count). The highest BCUT2D eigenvalue weighted by molar-refractivity contribution is 9.10. The third-order valence-electron chi connectivity index (χ3n) is 2.81. The monoisotopic (exact) mass is 270 g/mol. The number of aliphatic hydroxyl groups is 1. The predicted octanol–water partition coefficient (Wildman–Crippen LogP) is 2.05. The number of nitrogens with zero attached hydrogens (tertiary/aromatic N) is 2. The molecule has 1 atom stereocenters. The van der Waals surface area contributed by atoms with Crippen LogP contribution in [0.4, 0.5) is 5.82 Å². The predicted molar refractivity (Wildman–Crippen MR) is 64.0 cm³/mol. The molecule has 3 nitrogen and oxygen atoms in total. The summed E-state index contributed by atoms with van der Waals surface area (Å²) < 4.78 is 1.05. The average Bonchev–Trinajstić information content (AvgIpc) is 2.29. The number of pyridine rings is 1. The van der Waals surface area contributed by atoms with E-state index in [1.165, 1.54) is 0 Å². The van der Waals surface area contributed by atoms with E-state index in [4.69, 9.17) is 5.11 Å². The zero-order valence-corrected chi connectivity index (χ0v) is 10.2. The fraction of sp³-hybridized carbons (Fsp3) is 0.545. The van der Waals surface area contributed by atoms with Crippen LogP contribution in [0.25, 0.3) is 0 Å². The summed E-state index contributed by atoms with van der Waals surface area (Å²) in [6.07, 6.45) is 4.07. The molecule has 0 spiro atoms. The first-order valence-electron chi connectivity index (χ1n) is 5.27. The molecule has 4 heteroatoms. The number of aromatic nitrogens is 1. The number of piperidine rings is 1. The van der Waals surface area contributed by atoms with E-state index in [-0.39, 0.29) is 6.61 Å². The number of aliphatic hydroxyl groups excluding tert-OH is 1. The summed E-state index contributed by atoms with van der Waals surface area (Å²) in [7, 11) is 0. The van der Waals surface area contributed by atoms with Crippen molar-refractivity contribution in [2.24, 2.45) is 5.92 Å². The van der Waals surface area contributed by atoms with E-state index in [9.17, 15) is 0 Å². The van der Waals surface area contributed by atoms with Crippen LogP contribution in [-0.4, -0.2) is 29.8 Å². The second-order valence-electron chi connectivity index (χ2n) is 3.97. The van der Waals surface area contributed by atoms with Crippen molar-refractivity contribution in [1.82, 2.24) is 4.98 Å². The number of rotatable bonds is 2. The lowest BCUT2D eigenvalue weighted by atomic mass is 9.99. The molecule has 1 aliphatic heterocycles. The SMILES string of the molecule is OCC1CCCN(c2cc(Br)ccn2)C1. The van der Waals surface area contributed by atoms with Gasteiger partial charge in [0.15, 0.2) is 0 Å². The van der Waals surface area contributed by atoms with Gasteiger partial charge in [-0.15, -0.1) is 0 Å². The third kappa shape index (κ3) is 2.69. The molecule has 0 amide bonds. The maximum atomic E-state index is 9.15. The lowest BCUT2D eigenvalue weighted by Gasteiger charge is -2.32. The van der Waals surface area contributed by atoms with E-state index in [2.05, 4.69) is 25.8 Å². The summed E-state index contributed by atoms with van der Waals surface area (Å²) in [6.45, 7) is 2.24. The molecule has 0 bridgehead atoms. The zero-order valence-electron chi connectivity index (χ0n) is 8.56. The molecule has 0 aromatic carbocycles. The minimum atomic E-state index is 0.282. The molecule has 1 aromatic heterocycles. The Hall–Kier alpha value is -0.610. The van der Waals surface area contributed by atoms with E-state index < -0.39 is 0 Å². The number of halogens is 1. The number of hydrogen-bond acceptors (Lipinski definition) is 3. The Balaban J connectivity index is 2.09. The van der Waals surface area contributed by atoms with Crippen LogP contribution >= 0.6 is 15.9 Å². The Kier molecular flexibility index (Phi) is 3.59. The molecule has 82 valence electrons. The summed E-state index contributed by atoms with van der Waals surface area (Å²) in [5.41, 5.74) is 0. The van der Waals surface area contributed by atoms with E-state index in [1.54, 1.807) is 0 Å². The highest BCUT2D eigenvalue weighted by atomic mass is 79.9. The Bertz CT molecular complexity index is 332. The van der Waals surface area contributed by atoms with Crippen molar-refractivity contribution in [2.75, 3.05) is 24.6 Å². The first kappa shape index (κ1) is 10.9. The smallest absolute Gasteiger partial charge is 0.129 e. The first-order chi connectivity index (χ1) is 7.29. The van der Waals surface area contributed by atoms with Gasteiger partial charge in [0.25, 0.3) is 0 Å². The van der Waals surface area contributed by atoms with Crippen molar-refractivity contribution in [2.45, 2.75) is 12.8 Å². The van der Waals surface area contributed by atoms with Crippen LogP contribution in [-0.2, 0) is 0 Å². The van der Waals surface area contributed by atoms with Crippen molar-refractivity contribution in [3.63, 3.8) is 0 Å². The topological polar surface area (TPSA) is 36.4 Å². The normalized spacial score (nSPS) is 21.7. The Labute approximate surface area is 98.3 Å². The lowest BCUT2D eigenvalue weighted by molar-refractivity contribution is 0.208. The van der Waals surface area contributed by atoms with Gasteiger partial charge in [-0.05, 0) is 30.9 Å². The molecule has 1 aliphatic rings. The summed E-state index contributed by atoms with van der Waals surface area (Å²) >= 11 is 3.44. The van der Waals surface area contributed by atoms with Crippen LogP contribution in [0.1, 0.15) is 12.8 Å². The Morgan fingerprint density at radius 1 is 1.60 bits per heavy atom. The summed E-state index contributed by atoms with van der Waals surface area (Å²) in [5, 5.41) is 9.15. The molecule has 2 heterocycles. The Morgan fingerprint density at radius 2 is 2.47 bits per heavy atom. The van der Waals surface area contributed by atoms with Gasteiger partial charge >= 0.3 is 0 Å². The average molecular weight is 271 g/mol. The van der Waals surface area contributed by atoms with Crippen molar-refractivity contribution in [1.29, 1.82) is 0 Å². The summed E-state index contributed by atoms with van der Waals surface area (Å²) in [6, 6.07) is 3.96. The van der Waals surface area contributed by atoms with Gasteiger partial charge in [-0.2, -0.15) is 0 Å². The van der Waals surface area contributed by atoms with Gasteiger partial charge in [-0.25, -0.2) is 4.98 Å². The molecule has 1 saturated heterocycles. The van der Waals surface area contributed by atoms with Gasteiger partial charge in [0.1, 0.15) is 5.82 Å². The molecule has 15 heavy (non-hydrogen) atoms.